The van der Waals surface area contributed by atoms with Crippen LogP contribution in [-0.4, -0.2) is 20.3 Å². The summed E-state index contributed by atoms with van der Waals surface area (Å²) in [6.07, 6.45) is 3.42. The summed E-state index contributed by atoms with van der Waals surface area (Å²) < 4.78 is 5.01. The number of rotatable bonds is 4. The van der Waals surface area contributed by atoms with Crippen molar-refractivity contribution in [2.45, 2.75) is 19.8 Å². The van der Waals surface area contributed by atoms with Gasteiger partial charge in [-0.05, 0) is 18.9 Å². The number of H-pyrrole nitrogens is 1. The molecule has 0 saturated carbocycles. The third-order valence-corrected chi connectivity index (χ3v) is 3.02. The van der Waals surface area contributed by atoms with Gasteiger partial charge in [-0.1, -0.05) is 35.5 Å². The van der Waals surface area contributed by atoms with Gasteiger partial charge >= 0.3 is 0 Å². The van der Waals surface area contributed by atoms with E-state index in [2.05, 4.69) is 32.5 Å². The van der Waals surface area contributed by atoms with Crippen LogP contribution in [0.1, 0.15) is 17.1 Å². The third-order valence-electron chi connectivity index (χ3n) is 3.02. The predicted octanol–water partition coefficient (Wildman–Crippen LogP) is 2.55. The van der Waals surface area contributed by atoms with Gasteiger partial charge in [0, 0.05) is 6.42 Å². The average Bonchev–Trinajstić information content (AvgIpc) is 3.06. The minimum absolute atomic E-state index is 0.641. The predicted molar refractivity (Wildman–Crippen MR) is 70.5 cm³/mol. The van der Waals surface area contributed by atoms with Gasteiger partial charge in [0.25, 0.3) is 0 Å². The average molecular weight is 254 g/mol. The minimum atomic E-state index is 0.641. The van der Waals surface area contributed by atoms with Gasteiger partial charge in [0.15, 0.2) is 5.82 Å². The number of hydrogen-bond acceptors (Lipinski definition) is 4. The highest BCUT2D eigenvalue weighted by atomic mass is 16.5. The van der Waals surface area contributed by atoms with Crippen LogP contribution in [0.5, 0.6) is 0 Å². The molecular weight excluding hydrogens is 240 g/mol. The normalized spacial score (nSPS) is 10.8. The summed E-state index contributed by atoms with van der Waals surface area (Å²) in [7, 11) is 0. The quantitative estimate of drug-likeness (QED) is 0.777. The highest BCUT2D eigenvalue weighted by molar-refractivity contribution is 5.54. The lowest BCUT2D eigenvalue weighted by Crippen LogP contribution is -1.93. The molecule has 0 radical (unpaired) electrons. The fourth-order valence-electron chi connectivity index (χ4n) is 1.95. The van der Waals surface area contributed by atoms with E-state index in [0.717, 1.165) is 30.0 Å². The summed E-state index contributed by atoms with van der Waals surface area (Å²) in [5.41, 5.74) is 2.13. The zero-order valence-corrected chi connectivity index (χ0v) is 10.6. The van der Waals surface area contributed by atoms with Crippen LogP contribution in [0.15, 0.2) is 41.1 Å². The summed E-state index contributed by atoms with van der Waals surface area (Å²) >= 11 is 0. The summed E-state index contributed by atoms with van der Waals surface area (Å²) in [4.78, 5) is 4.46. The Morgan fingerprint density at radius 2 is 2.00 bits per heavy atom. The molecule has 0 amide bonds. The Labute approximate surface area is 110 Å². The van der Waals surface area contributed by atoms with E-state index in [0.29, 0.717) is 5.82 Å². The van der Waals surface area contributed by atoms with Crippen LogP contribution < -0.4 is 0 Å². The van der Waals surface area contributed by atoms with Gasteiger partial charge in [0.1, 0.15) is 11.6 Å². The standard InChI is InChI=1S/C14H14N4O/c1-10-12(9-15-19-10)14-16-13(17-18-14)8-7-11-5-3-2-4-6-11/h2-6,9H,7-8H2,1H3,(H,16,17,18). The second-order valence-corrected chi connectivity index (χ2v) is 4.39. The maximum atomic E-state index is 5.01. The van der Waals surface area contributed by atoms with Gasteiger partial charge in [-0.25, -0.2) is 4.98 Å². The van der Waals surface area contributed by atoms with Crippen molar-refractivity contribution in [3.8, 4) is 11.4 Å². The Hall–Kier alpha value is -2.43. The first-order valence-electron chi connectivity index (χ1n) is 6.20. The second kappa shape index (κ2) is 5.06. The Morgan fingerprint density at radius 1 is 1.16 bits per heavy atom. The smallest absolute Gasteiger partial charge is 0.186 e. The van der Waals surface area contributed by atoms with Crippen molar-refractivity contribution < 1.29 is 4.52 Å². The minimum Gasteiger partial charge on any atom is -0.361 e. The molecule has 0 bridgehead atoms. The molecule has 3 rings (SSSR count). The van der Waals surface area contributed by atoms with E-state index in [9.17, 15) is 0 Å². The molecule has 0 atom stereocenters. The van der Waals surface area contributed by atoms with Crippen molar-refractivity contribution in [2.24, 2.45) is 0 Å². The zero-order chi connectivity index (χ0) is 13.1. The highest BCUT2D eigenvalue weighted by Crippen LogP contribution is 2.18. The van der Waals surface area contributed by atoms with Crippen LogP contribution in [0.25, 0.3) is 11.4 Å². The third kappa shape index (κ3) is 2.54. The van der Waals surface area contributed by atoms with Crippen molar-refractivity contribution >= 4 is 0 Å². The van der Waals surface area contributed by atoms with Crippen molar-refractivity contribution in [2.75, 3.05) is 0 Å². The van der Waals surface area contributed by atoms with E-state index < -0.39 is 0 Å². The highest BCUT2D eigenvalue weighted by Gasteiger charge is 2.11. The van der Waals surface area contributed by atoms with E-state index in [1.165, 1.54) is 5.56 Å². The van der Waals surface area contributed by atoms with Gasteiger partial charge in [-0.3, -0.25) is 5.10 Å². The van der Waals surface area contributed by atoms with Crippen LogP contribution in [0, 0.1) is 6.92 Å². The lowest BCUT2D eigenvalue weighted by atomic mass is 10.1. The molecule has 0 saturated heterocycles. The number of hydrogen-bond donors (Lipinski definition) is 1. The summed E-state index contributed by atoms with van der Waals surface area (Å²) in [6.45, 7) is 1.85. The van der Waals surface area contributed by atoms with Gasteiger partial charge in [0.2, 0.25) is 0 Å². The molecule has 2 aromatic heterocycles. The van der Waals surface area contributed by atoms with E-state index >= 15 is 0 Å². The fraction of sp³-hybridized carbons (Fsp3) is 0.214. The maximum Gasteiger partial charge on any atom is 0.186 e. The van der Waals surface area contributed by atoms with Gasteiger partial charge < -0.3 is 4.52 Å². The number of nitrogens with zero attached hydrogens (tertiary/aromatic N) is 3. The van der Waals surface area contributed by atoms with Crippen LogP contribution in [0.3, 0.4) is 0 Å². The molecular formula is C14H14N4O. The van der Waals surface area contributed by atoms with E-state index in [1.807, 2.05) is 25.1 Å². The molecule has 0 unspecified atom stereocenters. The topological polar surface area (TPSA) is 67.6 Å². The van der Waals surface area contributed by atoms with Crippen LogP contribution in [-0.2, 0) is 12.8 Å². The molecule has 5 heteroatoms. The number of nitrogens with one attached hydrogen (secondary N) is 1. The summed E-state index contributed by atoms with van der Waals surface area (Å²) in [5.74, 6) is 2.25. The number of aromatic amines is 1. The number of aromatic nitrogens is 4. The first kappa shape index (κ1) is 11.6. The largest absolute Gasteiger partial charge is 0.361 e. The summed E-state index contributed by atoms with van der Waals surface area (Å²) in [6, 6.07) is 10.3. The number of benzene rings is 1. The fourth-order valence-corrected chi connectivity index (χ4v) is 1.95. The molecule has 0 aliphatic carbocycles. The van der Waals surface area contributed by atoms with Gasteiger partial charge in [0.05, 0.1) is 11.8 Å². The van der Waals surface area contributed by atoms with Gasteiger partial charge in [-0.15, -0.1) is 0 Å². The monoisotopic (exact) mass is 254 g/mol. The molecule has 0 aliphatic rings. The molecule has 0 spiro atoms. The Kier molecular flexibility index (Phi) is 3.10. The van der Waals surface area contributed by atoms with Gasteiger partial charge in [-0.2, -0.15) is 5.10 Å². The molecule has 1 aromatic carbocycles. The van der Waals surface area contributed by atoms with E-state index in [1.54, 1.807) is 6.20 Å². The Bertz CT molecular complexity index is 657. The first-order valence-corrected chi connectivity index (χ1v) is 6.20. The molecule has 2 heterocycles. The van der Waals surface area contributed by atoms with Crippen molar-refractivity contribution in [1.82, 2.24) is 20.3 Å². The Balaban J connectivity index is 1.71. The molecule has 0 aliphatic heterocycles. The SMILES string of the molecule is Cc1oncc1-c1n[nH]c(CCc2ccccc2)n1. The molecule has 0 fully saturated rings. The lowest BCUT2D eigenvalue weighted by Gasteiger charge is -1.97. The van der Waals surface area contributed by atoms with Crippen molar-refractivity contribution in [1.29, 1.82) is 0 Å². The second-order valence-electron chi connectivity index (χ2n) is 4.39. The van der Waals surface area contributed by atoms with Crippen LogP contribution in [0.2, 0.25) is 0 Å². The van der Waals surface area contributed by atoms with Crippen LogP contribution in [0.4, 0.5) is 0 Å². The van der Waals surface area contributed by atoms with Crippen molar-refractivity contribution in [3.05, 3.63) is 53.7 Å². The summed E-state index contributed by atoms with van der Waals surface area (Å²) in [5, 5.41) is 10.9. The van der Waals surface area contributed by atoms with Crippen LogP contribution >= 0.6 is 0 Å². The zero-order valence-electron chi connectivity index (χ0n) is 10.6. The van der Waals surface area contributed by atoms with E-state index in [-0.39, 0.29) is 0 Å². The first-order chi connectivity index (χ1) is 9.33. The molecule has 3 aromatic rings. The molecule has 5 nitrogen and oxygen atoms in total. The Morgan fingerprint density at radius 3 is 2.74 bits per heavy atom. The molecule has 1 N–H and O–H groups in total. The molecule has 96 valence electrons. The van der Waals surface area contributed by atoms with E-state index in [4.69, 9.17) is 4.52 Å². The number of aryl methyl sites for hydroxylation is 3. The van der Waals surface area contributed by atoms with Crippen molar-refractivity contribution in [3.63, 3.8) is 0 Å². The molecule has 19 heavy (non-hydrogen) atoms. The maximum absolute atomic E-state index is 5.01. The lowest BCUT2D eigenvalue weighted by molar-refractivity contribution is 0.398.